The molecule has 0 saturated carbocycles. The Bertz CT molecular complexity index is 247. The summed E-state index contributed by atoms with van der Waals surface area (Å²) in [6.45, 7) is 5.64. The number of hydrogen-bond donors (Lipinski definition) is 1. The Labute approximate surface area is 156 Å². The molecule has 148 valence electrons. The third-order valence-electron chi connectivity index (χ3n) is 3.98. The number of aliphatic hydroxyl groups is 1. The maximum atomic E-state index is 9.86. The third kappa shape index (κ3) is 22.1. The lowest BCUT2D eigenvalue weighted by atomic mass is 10.1. The first-order valence-electron chi connectivity index (χ1n) is 9.59. The van der Waals surface area contributed by atoms with Crippen LogP contribution in [0.1, 0.15) is 64.7 Å². The maximum Gasteiger partial charge on any atom is 0.102 e. The summed E-state index contributed by atoms with van der Waals surface area (Å²) >= 11 is 0. The van der Waals surface area contributed by atoms with E-state index < -0.39 is 0 Å². The van der Waals surface area contributed by atoms with E-state index in [1.807, 2.05) is 0 Å². The molecule has 0 bridgehead atoms. The van der Waals surface area contributed by atoms with Gasteiger partial charge in [-0.05, 0) is 6.42 Å². The first kappa shape index (κ1) is 26.4. The fraction of sp³-hybridized carbons (Fsp3) is 1.00. The SMILES string of the molecule is CCCCCCCCCCC(O)COCCOCC[N+](C)(C)C.[Cl-]. The Kier molecular flexibility index (Phi) is 19.7. The van der Waals surface area contributed by atoms with E-state index in [1.165, 1.54) is 44.9 Å². The molecule has 5 heteroatoms. The highest BCUT2D eigenvalue weighted by atomic mass is 35.5. The molecule has 0 aromatic rings. The van der Waals surface area contributed by atoms with Crippen LogP contribution < -0.4 is 12.4 Å². The van der Waals surface area contributed by atoms with Gasteiger partial charge in [0.05, 0.1) is 53.7 Å². The van der Waals surface area contributed by atoms with Gasteiger partial charge in [-0.2, -0.15) is 0 Å². The molecule has 0 aliphatic heterocycles. The van der Waals surface area contributed by atoms with Gasteiger partial charge in [0.2, 0.25) is 0 Å². The lowest BCUT2D eigenvalue weighted by molar-refractivity contribution is -0.870. The first-order valence-corrected chi connectivity index (χ1v) is 9.59. The van der Waals surface area contributed by atoms with Gasteiger partial charge in [-0.25, -0.2) is 0 Å². The molecule has 0 aromatic carbocycles. The van der Waals surface area contributed by atoms with Crippen LogP contribution in [-0.4, -0.2) is 69.8 Å². The van der Waals surface area contributed by atoms with E-state index in [-0.39, 0.29) is 18.5 Å². The second-order valence-corrected chi connectivity index (χ2v) is 7.62. The van der Waals surface area contributed by atoms with E-state index in [0.717, 1.165) is 30.5 Å². The summed E-state index contributed by atoms with van der Waals surface area (Å²) in [4.78, 5) is 0. The van der Waals surface area contributed by atoms with Gasteiger partial charge < -0.3 is 31.5 Å². The first-order chi connectivity index (χ1) is 11.0. The second-order valence-electron chi connectivity index (χ2n) is 7.62. The van der Waals surface area contributed by atoms with Crippen LogP contribution in [0.2, 0.25) is 0 Å². The van der Waals surface area contributed by atoms with Crippen LogP contribution in [0, 0.1) is 0 Å². The van der Waals surface area contributed by atoms with Gasteiger partial charge in [-0.1, -0.05) is 58.3 Å². The van der Waals surface area contributed by atoms with Crippen molar-refractivity contribution in [2.24, 2.45) is 0 Å². The summed E-state index contributed by atoms with van der Waals surface area (Å²) < 4.78 is 11.9. The summed E-state index contributed by atoms with van der Waals surface area (Å²) in [5.41, 5.74) is 0. The van der Waals surface area contributed by atoms with Crippen molar-refractivity contribution in [3.05, 3.63) is 0 Å². The van der Waals surface area contributed by atoms with Crippen molar-refractivity contribution in [1.29, 1.82) is 0 Å². The minimum absolute atomic E-state index is 0. The summed E-state index contributed by atoms with van der Waals surface area (Å²) in [6, 6.07) is 0. The molecule has 1 N–H and O–H groups in total. The van der Waals surface area contributed by atoms with Crippen LogP contribution in [0.4, 0.5) is 0 Å². The Balaban J connectivity index is 0. The summed E-state index contributed by atoms with van der Waals surface area (Å²) in [6.07, 6.45) is 11.0. The number of unbranched alkanes of at least 4 members (excludes halogenated alkanes) is 7. The summed E-state index contributed by atoms with van der Waals surface area (Å²) in [5.74, 6) is 0. The van der Waals surface area contributed by atoms with Gasteiger partial charge in [0.15, 0.2) is 0 Å². The van der Waals surface area contributed by atoms with Crippen molar-refractivity contribution in [2.75, 3.05) is 54.1 Å². The topological polar surface area (TPSA) is 38.7 Å². The van der Waals surface area contributed by atoms with Crippen LogP contribution in [0.3, 0.4) is 0 Å². The van der Waals surface area contributed by atoms with E-state index in [4.69, 9.17) is 9.47 Å². The highest BCUT2D eigenvalue weighted by molar-refractivity contribution is 4.55. The average molecular weight is 368 g/mol. The quantitative estimate of drug-likeness (QED) is 0.302. The van der Waals surface area contributed by atoms with E-state index in [2.05, 4.69) is 28.1 Å². The lowest BCUT2D eigenvalue weighted by Gasteiger charge is -2.23. The Morgan fingerprint density at radius 1 is 0.792 bits per heavy atom. The lowest BCUT2D eigenvalue weighted by Crippen LogP contribution is -3.00. The van der Waals surface area contributed by atoms with Crippen molar-refractivity contribution in [3.63, 3.8) is 0 Å². The van der Waals surface area contributed by atoms with Gasteiger partial charge in [-0.15, -0.1) is 0 Å². The summed E-state index contributed by atoms with van der Waals surface area (Å²) in [5, 5.41) is 9.86. The average Bonchev–Trinajstić information content (AvgIpc) is 2.48. The molecule has 0 spiro atoms. The molecular weight excluding hydrogens is 326 g/mol. The van der Waals surface area contributed by atoms with Crippen LogP contribution >= 0.6 is 0 Å². The molecule has 1 atom stereocenters. The van der Waals surface area contributed by atoms with Crippen molar-refractivity contribution < 1.29 is 31.5 Å². The molecule has 0 heterocycles. The zero-order valence-corrected chi connectivity index (χ0v) is 17.3. The number of quaternary nitrogens is 1. The molecule has 0 aromatic heterocycles. The number of ether oxygens (including phenoxy) is 2. The monoisotopic (exact) mass is 367 g/mol. The molecule has 0 radical (unpaired) electrons. The molecule has 4 nitrogen and oxygen atoms in total. The largest absolute Gasteiger partial charge is 1.00 e. The molecule has 0 amide bonds. The Morgan fingerprint density at radius 2 is 1.33 bits per heavy atom. The minimum Gasteiger partial charge on any atom is -1.00 e. The van der Waals surface area contributed by atoms with Crippen molar-refractivity contribution in [1.82, 2.24) is 0 Å². The zero-order valence-electron chi connectivity index (χ0n) is 16.6. The van der Waals surface area contributed by atoms with Crippen LogP contribution in [0.25, 0.3) is 0 Å². The van der Waals surface area contributed by atoms with Gasteiger partial charge in [0, 0.05) is 0 Å². The molecular formula is C19H42ClNO3. The van der Waals surface area contributed by atoms with E-state index in [1.54, 1.807) is 0 Å². The second kappa shape index (κ2) is 17.9. The molecule has 0 rings (SSSR count). The number of rotatable bonds is 17. The number of aliphatic hydroxyl groups excluding tert-OH is 1. The fourth-order valence-electron chi connectivity index (χ4n) is 2.37. The molecule has 1 unspecified atom stereocenters. The maximum absolute atomic E-state index is 9.86. The third-order valence-corrected chi connectivity index (χ3v) is 3.98. The van der Waals surface area contributed by atoms with E-state index in [0.29, 0.717) is 19.8 Å². The highest BCUT2D eigenvalue weighted by Gasteiger charge is 2.06. The van der Waals surface area contributed by atoms with Crippen LogP contribution in [0.15, 0.2) is 0 Å². The van der Waals surface area contributed by atoms with E-state index in [9.17, 15) is 5.11 Å². The number of hydrogen-bond acceptors (Lipinski definition) is 3. The smallest absolute Gasteiger partial charge is 0.102 e. The minimum atomic E-state index is -0.318. The molecule has 24 heavy (non-hydrogen) atoms. The Hall–Kier alpha value is 0.130. The van der Waals surface area contributed by atoms with Crippen LogP contribution in [0.5, 0.6) is 0 Å². The van der Waals surface area contributed by atoms with Crippen molar-refractivity contribution >= 4 is 0 Å². The fourth-order valence-corrected chi connectivity index (χ4v) is 2.37. The number of halogens is 1. The molecule has 0 aliphatic carbocycles. The number of likely N-dealkylation sites (N-methyl/N-ethyl adjacent to an activating group) is 1. The van der Waals surface area contributed by atoms with Crippen molar-refractivity contribution in [3.8, 4) is 0 Å². The number of nitrogens with zero attached hydrogens (tertiary/aromatic N) is 1. The predicted molar refractivity (Wildman–Crippen MR) is 97.8 cm³/mol. The summed E-state index contributed by atoms with van der Waals surface area (Å²) in [7, 11) is 6.46. The highest BCUT2D eigenvalue weighted by Crippen LogP contribution is 2.10. The van der Waals surface area contributed by atoms with Gasteiger partial charge in [0.1, 0.15) is 6.54 Å². The van der Waals surface area contributed by atoms with E-state index >= 15 is 0 Å². The zero-order chi connectivity index (χ0) is 17.4. The normalized spacial score (nSPS) is 12.9. The Morgan fingerprint density at radius 3 is 1.92 bits per heavy atom. The van der Waals surface area contributed by atoms with Gasteiger partial charge in [0.25, 0.3) is 0 Å². The van der Waals surface area contributed by atoms with Gasteiger partial charge >= 0.3 is 0 Å². The standard InChI is InChI=1S/C19H42NO3.ClH/c1-5-6-7-8-9-10-11-12-13-19(21)18-23-17-16-22-15-14-20(2,3)4;/h19,21H,5-18H2,1-4H3;1H/q+1;/p-1. The molecule has 0 fully saturated rings. The van der Waals surface area contributed by atoms with Crippen molar-refractivity contribution in [2.45, 2.75) is 70.8 Å². The van der Waals surface area contributed by atoms with Gasteiger partial charge in [-0.3, -0.25) is 0 Å². The molecule has 0 aliphatic rings. The predicted octanol–water partition coefficient (Wildman–Crippen LogP) is 0.622. The van der Waals surface area contributed by atoms with Crippen LogP contribution in [-0.2, 0) is 9.47 Å². The molecule has 0 saturated heterocycles.